The summed E-state index contributed by atoms with van der Waals surface area (Å²) in [5.74, 6) is -3.37. The number of nitrogens with two attached hydrogens (primary N) is 1. The summed E-state index contributed by atoms with van der Waals surface area (Å²) < 4.78 is 33.2. The van der Waals surface area contributed by atoms with Crippen molar-refractivity contribution in [2.45, 2.75) is 44.2 Å². The molecule has 1 amide bonds. The van der Waals surface area contributed by atoms with E-state index >= 15 is 0 Å². The van der Waals surface area contributed by atoms with E-state index in [1.165, 1.54) is 12.0 Å². The average molecular weight is 298 g/mol. The molecule has 1 atom stereocenters. The van der Waals surface area contributed by atoms with Gasteiger partial charge in [-0.2, -0.15) is 4.98 Å². The molecule has 2 N–H and O–H groups in total. The standard InChI is InChI=1S/C13H16F2N4O2/c1-21-10-9-7(17-12(16)18-10)6-19(11(9)20)8-4-2-3-5-13(8,14)15/h8H,2-6H2,1H3,(H2,16,17,18)/t8-/m0/s1. The predicted molar refractivity (Wildman–Crippen MR) is 70.1 cm³/mol. The van der Waals surface area contributed by atoms with Crippen LogP contribution in [-0.2, 0) is 6.54 Å². The number of methoxy groups -OCH3 is 1. The molecule has 1 aromatic heterocycles. The summed E-state index contributed by atoms with van der Waals surface area (Å²) in [4.78, 5) is 21.5. The zero-order chi connectivity index (χ0) is 15.2. The number of carbonyl (C=O) groups is 1. The first-order chi connectivity index (χ1) is 9.94. The van der Waals surface area contributed by atoms with Crippen molar-refractivity contribution < 1.29 is 18.3 Å². The van der Waals surface area contributed by atoms with Gasteiger partial charge in [0.15, 0.2) is 0 Å². The first kappa shape index (κ1) is 14.0. The molecule has 21 heavy (non-hydrogen) atoms. The molecular weight excluding hydrogens is 282 g/mol. The fourth-order valence-corrected chi connectivity index (χ4v) is 3.07. The molecule has 0 bridgehead atoms. The highest BCUT2D eigenvalue weighted by Gasteiger charge is 2.49. The van der Waals surface area contributed by atoms with E-state index in [1.54, 1.807) is 0 Å². The van der Waals surface area contributed by atoms with Crippen molar-refractivity contribution in [2.75, 3.05) is 12.8 Å². The predicted octanol–water partition coefficient (Wildman–Crippen LogP) is 1.60. The van der Waals surface area contributed by atoms with E-state index in [1.807, 2.05) is 0 Å². The lowest BCUT2D eigenvalue weighted by Gasteiger charge is -2.37. The summed E-state index contributed by atoms with van der Waals surface area (Å²) in [6, 6.07) is -1.10. The van der Waals surface area contributed by atoms with Crippen LogP contribution in [0.4, 0.5) is 14.7 Å². The minimum Gasteiger partial charge on any atom is -0.480 e. The van der Waals surface area contributed by atoms with Crippen LogP contribution in [0.2, 0.25) is 0 Å². The van der Waals surface area contributed by atoms with E-state index in [-0.39, 0.29) is 36.8 Å². The minimum atomic E-state index is -2.87. The number of ether oxygens (including phenoxy) is 1. The molecule has 1 fully saturated rings. The first-order valence-corrected chi connectivity index (χ1v) is 6.83. The van der Waals surface area contributed by atoms with Gasteiger partial charge in [0.1, 0.15) is 5.56 Å². The van der Waals surface area contributed by atoms with E-state index in [4.69, 9.17) is 10.5 Å². The van der Waals surface area contributed by atoms with Crippen LogP contribution in [0.15, 0.2) is 0 Å². The van der Waals surface area contributed by atoms with Crippen LogP contribution in [0.3, 0.4) is 0 Å². The van der Waals surface area contributed by atoms with E-state index in [0.717, 1.165) is 0 Å². The number of carbonyl (C=O) groups excluding carboxylic acids is 1. The van der Waals surface area contributed by atoms with Crippen molar-refractivity contribution in [1.82, 2.24) is 14.9 Å². The van der Waals surface area contributed by atoms with Crippen molar-refractivity contribution >= 4 is 11.9 Å². The fourth-order valence-electron chi connectivity index (χ4n) is 3.07. The third-order valence-electron chi connectivity index (χ3n) is 4.06. The molecule has 2 aliphatic rings. The van der Waals surface area contributed by atoms with Crippen molar-refractivity contribution in [3.8, 4) is 5.88 Å². The molecule has 0 unspecified atom stereocenters. The number of alkyl halides is 2. The monoisotopic (exact) mass is 298 g/mol. The number of aromatic nitrogens is 2. The molecule has 8 heteroatoms. The van der Waals surface area contributed by atoms with Gasteiger partial charge in [-0.15, -0.1) is 0 Å². The second kappa shape index (κ2) is 4.78. The van der Waals surface area contributed by atoms with Crippen LogP contribution in [0.1, 0.15) is 41.7 Å². The van der Waals surface area contributed by atoms with Gasteiger partial charge in [0.2, 0.25) is 11.8 Å². The number of nitrogen functional groups attached to an aromatic ring is 1. The Labute approximate surface area is 120 Å². The number of halogens is 2. The number of hydrogen-bond donors (Lipinski definition) is 1. The Balaban J connectivity index is 1.97. The molecular formula is C13H16F2N4O2. The van der Waals surface area contributed by atoms with E-state index in [9.17, 15) is 13.6 Å². The van der Waals surface area contributed by atoms with Crippen molar-refractivity contribution in [1.29, 1.82) is 0 Å². The third kappa shape index (κ3) is 2.18. The number of nitrogens with zero attached hydrogens (tertiary/aromatic N) is 3. The lowest BCUT2D eigenvalue weighted by atomic mass is 9.90. The molecule has 1 aromatic rings. The van der Waals surface area contributed by atoms with Crippen molar-refractivity contribution in [3.05, 3.63) is 11.3 Å². The number of rotatable bonds is 2. The van der Waals surface area contributed by atoms with Crippen molar-refractivity contribution in [2.24, 2.45) is 0 Å². The topological polar surface area (TPSA) is 81.3 Å². The smallest absolute Gasteiger partial charge is 0.268 e. The third-order valence-corrected chi connectivity index (χ3v) is 4.06. The van der Waals surface area contributed by atoms with E-state index in [0.29, 0.717) is 18.5 Å². The normalized spacial score (nSPS) is 24.0. The Morgan fingerprint density at radius 3 is 2.81 bits per heavy atom. The van der Waals surface area contributed by atoms with Gasteiger partial charge >= 0.3 is 0 Å². The summed E-state index contributed by atoms with van der Waals surface area (Å²) in [6.07, 6.45) is 1.26. The Morgan fingerprint density at radius 1 is 1.38 bits per heavy atom. The Kier molecular flexibility index (Phi) is 3.18. The van der Waals surface area contributed by atoms with Gasteiger partial charge in [-0.25, -0.2) is 13.8 Å². The average Bonchev–Trinajstić information content (AvgIpc) is 2.74. The summed E-state index contributed by atoms with van der Waals surface area (Å²) >= 11 is 0. The molecule has 2 heterocycles. The van der Waals surface area contributed by atoms with Crippen LogP contribution in [-0.4, -0.2) is 39.8 Å². The molecule has 0 radical (unpaired) electrons. The maximum Gasteiger partial charge on any atom is 0.268 e. The molecule has 1 saturated carbocycles. The molecule has 1 aliphatic carbocycles. The lowest BCUT2D eigenvalue weighted by Crippen LogP contribution is -2.49. The lowest BCUT2D eigenvalue weighted by molar-refractivity contribution is -0.0969. The first-order valence-electron chi connectivity index (χ1n) is 6.83. The highest BCUT2D eigenvalue weighted by Crippen LogP contribution is 2.40. The second-order valence-corrected chi connectivity index (χ2v) is 5.37. The molecule has 114 valence electrons. The van der Waals surface area contributed by atoms with Crippen LogP contribution >= 0.6 is 0 Å². The summed E-state index contributed by atoms with van der Waals surface area (Å²) in [5.41, 5.74) is 6.05. The van der Waals surface area contributed by atoms with Crippen LogP contribution in [0.25, 0.3) is 0 Å². The van der Waals surface area contributed by atoms with Crippen LogP contribution in [0.5, 0.6) is 5.88 Å². The van der Waals surface area contributed by atoms with Gasteiger partial charge < -0.3 is 15.4 Å². The zero-order valence-corrected chi connectivity index (χ0v) is 11.6. The number of hydrogen-bond acceptors (Lipinski definition) is 5. The molecule has 1 aliphatic heterocycles. The molecule has 6 nitrogen and oxygen atoms in total. The second-order valence-electron chi connectivity index (χ2n) is 5.37. The van der Waals surface area contributed by atoms with Gasteiger partial charge in [-0.3, -0.25) is 4.79 Å². The van der Waals surface area contributed by atoms with Gasteiger partial charge in [-0.05, 0) is 12.8 Å². The molecule has 0 aromatic carbocycles. The van der Waals surface area contributed by atoms with Crippen LogP contribution < -0.4 is 10.5 Å². The highest BCUT2D eigenvalue weighted by molar-refractivity contribution is 6.00. The van der Waals surface area contributed by atoms with Gasteiger partial charge in [0.05, 0.1) is 25.4 Å². The number of amides is 1. The quantitative estimate of drug-likeness (QED) is 0.897. The number of fused-ring (bicyclic) bond motifs is 1. The maximum absolute atomic E-state index is 14.1. The van der Waals surface area contributed by atoms with Gasteiger partial charge in [0.25, 0.3) is 11.8 Å². The highest BCUT2D eigenvalue weighted by atomic mass is 19.3. The summed E-state index contributed by atoms with van der Waals surface area (Å²) in [6.45, 7) is 0.0253. The Hall–Kier alpha value is -1.99. The van der Waals surface area contributed by atoms with E-state index in [2.05, 4.69) is 9.97 Å². The summed E-state index contributed by atoms with van der Waals surface area (Å²) in [5, 5.41) is 0. The molecule has 0 saturated heterocycles. The zero-order valence-electron chi connectivity index (χ0n) is 11.6. The fraction of sp³-hybridized carbons (Fsp3) is 0.615. The SMILES string of the molecule is COc1nc(N)nc2c1C(=O)N([C@H]1CCCCC1(F)F)C2. The Morgan fingerprint density at radius 2 is 2.14 bits per heavy atom. The van der Waals surface area contributed by atoms with Gasteiger partial charge in [0, 0.05) is 6.42 Å². The van der Waals surface area contributed by atoms with Crippen molar-refractivity contribution in [3.63, 3.8) is 0 Å². The Bertz CT molecular complexity index is 594. The minimum absolute atomic E-state index is 0.0253. The largest absolute Gasteiger partial charge is 0.480 e. The van der Waals surface area contributed by atoms with Gasteiger partial charge in [-0.1, -0.05) is 6.42 Å². The molecule has 0 spiro atoms. The number of anilines is 1. The van der Waals surface area contributed by atoms with E-state index < -0.39 is 17.9 Å². The molecule has 3 rings (SSSR count). The summed E-state index contributed by atoms with van der Waals surface area (Å²) in [7, 11) is 1.35. The van der Waals surface area contributed by atoms with Crippen LogP contribution in [0, 0.1) is 0 Å². The maximum atomic E-state index is 14.1.